The van der Waals surface area contributed by atoms with Crippen molar-refractivity contribution in [2.75, 3.05) is 26.4 Å². The number of hydrogen-bond donors (Lipinski definition) is 1. The van der Waals surface area contributed by atoms with E-state index in [1.165, 1.54) is 30.5 Å². The number of unbranched alkanes of at least 4 members (excludes halogenated alkanes) is 2. The molecule has 1 N–H and O–H groups in total. The van der Waals surface area contributed by atoms with E-state index < -0.39 is 23.6 Å². The minimum absolute atomic E-state index is 0.0139. The lowest BCUT2D eigenvalue weighted by Crippen LogP contribution is -2.14. The maximum Gasteiger partial charge on any atom is 0.330 e. The van der Waals surface area contributed by atoms with Crippen LogP contribution in [0.1, 0.15) is 49.3 Å². The number of nitrogens with one attached hydrogen (secondary N) is 1. The fraction of sp³-hybridized carbons (Fsp3) is 0.205. The summed E-state index contributed by atoms with van der Waals surface area (Å²) in [6.07, 6.45) is 5.40. The summed E-state index contributed by atoms with van der Waals surface area (Å²) in [5.74, 6) is 4.74. The average molecular weight is 716 g/mol. The van der Waals surface area contributed by atoms with Gasteiger partial charge in [-0.25, -0.2) is 13.6 Å². The number of fused-ring (bicyclic) bond motifs is 1. The molecule has 0 atom stereocenters. The Balaban J connectivity index is 1.22. The van der Waals surface area contributed by atoms with Crippen LogP contribution in [0.5, 0.6) is 11.5 Å². The standard InChI is InChI=1S/C44H39F2NO6/c1-3-5-6-24-50-36-17-11-31(12-18-36)33-14-19-37(34(28-33)29-47)38-21-22-39-40(44(38)46)20-13-32(43(39)45)10-7-30-8-15-35(16-9-30)51-26-27-53-42(49)23-25-52-41(48)4-2/h4,8-9,11-22,28-29,47H,2-3,5-6,23-27H2,1H3. The van der Waals surface area contributed by atoms with Gasteiger partial charge in [0.25, 0.3) is 0 Å². The van der Waals surface area contributed by atoms with E-state index >= 15 is 8.78 Å². The Morgan fingerprint density at radius 2 is 1.38 bits per heavy atom. The quantitative estimate of drug-likeness (QED) is 0.0360. The minimum atomic E-state index is -0.630. The van der Waals surface area contributed by atoms with Crippen LogP contribution in [0.2, 0.25) is 0 Å². The molecule has 0 amide bonds. The zero-order chi connectivity index (χ0) is 37.6. The third kappa shape index (κ3) is 10.2. The highest BCUT2D eigenvalue weighted by Crippen LogP contribution is 2.35. The van der Waals surface area contributed by atoms with Crippen molar-refractivity contribution in [2.24, 2.45) is 0 Å². The van der Waals surface area contributed by atoms with Crippen LogP contribution in [0, 0.1) is 28.9 Å². The number of ether oxygens (including phenoxy) is 4. The maximum absolute atomic E-state index is 16.0. The number of rotatable bonds is 16. The molecule has 5 aromatic rings. The Morgan fingerprint density at radius 1 is 0.717 bits per heavy atom. The molecule has 0 spiro atoms. The monoisotopic (exact) mass is 715 g/mol. The summed E-state index contributed by atoms with van der Waals surface area (Å²) in [5.41, 5.74) is 3.87. The van der Waals surface area contributed by atoms with Crippen LogP contribution in [-0.4, -0.2) is 44.6 Å². The first-order chi connectivity index (χ1) is 25.8. The number of carbonyl (C=O) groups is 2. The number of halogens is 2. The molecule has 7 nitrogen and oxygen atoms in total. The summed E-state index contributed by atoms with van der Waals surface area (Å²) < 4.78 is 52.8. The van der Waals surface area contributed by atoms with Gasteiger partial charge >= 0.3 is 11.9 Å². The fourth-order valence-corrected chi connectivity index (χ4v) is 5.48. The topological polar surface area (TPSA) is 94.9 Å². The summed E-state index contributed by atoms with van der Waals surface area (Å²) in [6.45, 7) is 6.13. The lowest BCUT2D eigenvalue weighted by molar-refractivity contribution is -0.147. The van der Waals surface area contributed by atoms with Gasteiger partial charge in [0.2, 0.25) is 0 Å². The number of carbonyl (C=O) groups excluding carboxylic acids is 2. The highest BCUT2D eigenvalue weighted by Gasteiger charge is 2.16. The molecule has 0 aromatic heterocycles. The zero-order valence-electron chi connectivity index (χ0n) is 29.4. The number of hydrogen-bond acceptors (Lipinski definition) is 7. The van der Waals surface area contributed by atoms with E-state index in [1.54, 1.807) is 30.3 Å². The molecule has 0 unspecified atom stereocenters. The normalized spacial score (nSPS) is 10.5. The van der Waals surface area contributed by atoms with E-state index in [9.17, 15) is 9.59 Å². The molecule has 0 fully saturated rings. The molecule has 0 aliphatic rings. The second-order valence-corrected chi connectivity index (χ2v) is 11.9. The predicted octanol–water partition coefficient (Wildman–Crippen LogP) is 9.46. The van der Waals surface area contributed by atoms with Crippen molar-refractivity contribution in [1.82, 2.24) is 0 Å². The van der Waals surface area contributed by atoms with E-state index in [4.69, 9.17) is 24.4 Å². The van der Waals surface area contributed by atoms with E-state index in [0.29, 0.717) is 29.0 Å². The molecular formula is C44H39F2NO6. The summed E-state index contributed by atoms with van der Waals surface area (Å²) in [7, 11) is 0. The second-order valence-electron chi connectivity index (χ2n) is 11.9. The molecule has 0 saturated carbocycles. The van der Waals surface area contributed by atoms with Gasteiger partial charge in [-0.2, -0.15) is 0 Å². The van der Waals surface area contributed by atoms with Crippen LogP contribution in [0.4, 0.5) is 8.78 Å². The van der Waals surface area contributed by atoms with Crippen LogP contribution in [0.15, 0.2) is 104 Å². The molecule has 9 heteroatoms. The predicted molar refractivity (Wildman–Crippen MR) is 202 cm³/mol. The van der Waals surface area contributed by atoms with Crippen molar-refractivity contribution in [3.63, 3.8) is 0 Å². The molecule has 0 radical (unpaired) electrons. The first-order valence-corrected chi connectivity index (χ1v) is 17.3. The van der Waals surface area contributed by atoms with E-state index in [2.05, 4.69) is 25.3 Å². The van der Waals surface area contributed by atoms with Crippen LogP contribution in [0.25, 0.3) is 33.0 Å². The molecule has 0 aliphatic carbocycles. The van der Waals surface area contributed by atoms with Gasteiger partial charge in [0.05, 0.1) is 18.6 Å². The smallest absolute Gasteiger partial charge is 0.330 e. The lowest BCUT2D eigenvalue weighted by atomic mass is 9.93. The van der Waals surface area contributed by atoms with Crippen molar-refractivity contribution in [2.45, 2.75) is 32.6 Å². The molecule has 0 saturated heterocycles. The molecule has 270 valence electrons. The van der Waals surface area contributed by atoms with Crippen molar-refractivity contribution in [3.8, 4) is 45.6 Å². The first kappa shape index (κ1) is 38.0. The van der Waals surface area contributed by atoms with Crippen LogP contribution < -0.4 is 9.47 Å². The average Bonchev–Trinajstić information content (AvgIpc) is 3.18. The third-order valence-electron chi connectivity index (χ3n) is 8.30. The van der Waals surface area contributed by atoms with Crippen LogP contribution in [0.3, 0.4) is 0 Å². The Bertz CT molecular complexity index is 2150. The van der Waals surface area contributed by atoms with Gasteiger partial charge in [0, 0.05) is 39.8 Å². The SMILES string of the molecule is C=CC(=O)OCCC(=O)OCCOc1ccc(C#Cc2ccc3c(F)c(-c4ccc(-c5ccc(OCCCCC)cc5)cc4C=N)ccc3c2F)cc1. The van der Waals surface area contributed by atoms with Crippen molar-refractivity contribution in [3.05, 3.63) is 132 Å². The summed E-state index contributed by atoms with van der Waals surface area (Å²) in [5, 5.41) is 8.28. The van der Waals surface area contributed by atoms with E-state index in [-0.39, 0.29) is 48.1 Å². The zero-order valence-corrected chi connectivity index (χ0v) is 29.4. The van der Waals surface area contributed by atoms with Crippen molar-refractivity contribution < 1.29 is 37.3 Å². The Kier molecular flexibility index (Phi) is 13.5. The number of esters is 2. The number of benzene rings is 5. The highest BCUT2D eigenvalue weighted by atomic mass is 19.1. The molecule has 5 rings (SSSR count). The van der Waals surface area contributed by atoms with E-state index in [1.807, 2.05) is 36.4 Å². The lowest BCUT2D eigenvalue weighted by Gasteiger charge is -2.13. The van der Waals surface area contributed by atoms with Crippen molar-refractivity contribution in [1.29, 1.82) is 5.41 Å². The van der Waals surface area contributed by atoms with Gasteiger partial charge in [0.1, 0.15) is 43.0 Å². The van der Waals surface area contributed by atoms with Gasteiger partial charge in [-0.1, -0.05) is 74.6 Å². The molecule has 0 aliphatic heterocycles. The molecule has 0 heterocycles. The minimum Gasteiger partial charge on any atom is -0.494 e. The molecular weight excluding hydrogens is 676 g/mol. The van der Waals surface area contributed by atoms with Gasteiger partial charge in [-0.05, 0) is 77.7 Å². The highest BCUT2D eigenvalue weighted by molar-refractivity contribution is 5.95. The van der Waals surface area contributed by atoms with E-state index in [0.717, 1.165) is 42.2 Å². The Labute approximate surface area is 307 Å². The maximum atomic E-state index is 16.0. The second kappa shape index (κ2) is 18.8. The molecule has 53 heavy (non-hydrogen) atoms. The van der Waals surface area contributed by atoms with Gasteiger partial charge in [0.15, 0.2) is 0 Å². The summed E-state index contributed by atoms with van der Waals surface area (Å²) in [4.78, 5) is 22.7. The Morgan fingerprint density at radius 3 is 2.09 bits per heavy atom. The van der Waals surface area contributed by atoms with Crippen LogP contribution >= 0.6 is 0 Å². The van der Waals surface area contributed by atoms with Crippen molar-refractivity contribution >= 4 is 28.9 Å². The molecule has 5 aromatic carbocycles. The first-order valence-electron chi connectivity index (χ1n) is 17.3. The fourth-order valence-electron chi connectivity index (χ4n) is 5.48. The Hall–Kier alpha value is -6.27. The van der Waals surface area contributed by atoms with Gasteiger partial charge in [-0.3, -0.25) is 4.79 Å². The van der Waals surface area contributed by atoms with Gasteiger partial charge < -0.3 is 24.4 Å². The largest absolute Gasteiger partial charge is 0.494 e. The summed E-state index contributed by atoms with van der Waals surface area (Å²) in [6, 6.07) is 26.1. The summed E-state index contributed by atoms with van der Waals surface area (Å²) >= 11 is 0. The third-order valence-corrected chi connectivity index (χ3v) is 8.30. The van der Waals surface area contributed by atoms with Crippen LogP contribution in [-0.2, 0) is 19.1 Å². The van der Waals surface area contributed by atoms with Gasteiger partial charge in [-0.15, -0.1) is 0 Å². The molecule has 0 bridgehead atoms.